The highest BCUT2D eigenvalue weighted by atomic mass is 79.9. The standard InChI is InChI=1S/C24H21BrN4O5S2/c25-18-12-15(10-11-17(18)22-14-23(30)29-36(22,33)34)13-21(24-26-19-8-4-5-9-20(19)27-24)28-35(31,32)16-6-2-1-3-7-16/h1-12,21-22,28H,13-14H2,(H,26,27)(H,29,30)/t21-,22?/m0/s1. The zero-order valence-electron chi connectivity index (χ0n) is 18.7. The fourth-order valence-electron chi connectivity index (χ4n) is 4.21. The molecule has 1 aliphatic rings. The van der Waals surface area contributed by atoms with Crippen LogP contribution in [0.25, 0.3) is 11.0 Å². The van der Waals surface area contributed by atoms with Crippen molar-refractivity contribution in [2.24, 2.45) is 0 Å². The summed E-state index contributed by atoms with van der Waals surface area (Å²) in [4.78, 5) is 19.6. The van der Waals surface area contributed by atoms with Gasteiger partial charge >= 0.3 is 0 Å². The molecule has 36 heavy (non-hydrogen) atoms. The molecule has 0 radical (unpaired) electrons. The highest BCUT2D eigenvalue weighted by Crippen LogP contribution is 2.36. The molecule has 2 heterocycles. The molecule has 1 amide bonds. The van der Waals surface area contributed by atoms with Crippen molar-refractivity contribution in [3.05, 3.63) is 94.2 Å². The summed E-state index contributed by atoms with van der Waals surface area (Å²) in [5.41, 5.74) is 2.68. The fourth-order valence-corrected chi connectivity index (χ4v) is 7.74. The van der Waals surface area contributed by atoms with Crippen molar-refractivity contribution >= 4 is 52.9 Å². The number of halogens is 1. The van der Waals surface area contributed by atoms with Crippen molar-refractivity contribution < 1.29 is 21.6 Å². The Morgan fingerprint density at radius 1 is 1.06 bits per heavy atom. The number of fused-ring (bicyclic) bond motifs is 1. The largest absolute Gasteiger partial charge is 0.341 e. The van der Waals surface area contributed by atoms with Gasteiger partial charge in [0.05, 0.1) is 28.4 Å². The Labute approximate surface area is 216 Å². The highest BCUT2D eigenvalue weighted by molar-refractivity contribution is 9.10. The van der Waals surface area contributed by atoms with Crippen LogP contribution in [0.2, 0.25) is 0 Å². The van der Waals surface area contributed by atoms with E-state index >= 15 is 0 Å². The van der Waals surface area contributed by atoms with Gasteiger partial charge in [-0.05, 0) is 47.9 Å². The van der Waals surface area contributed by atoms with E-state index in [4.69, 9.17) is 0 Å². The minimum absolute atomic E-state index is 0.131. The van der Waals surface area contributed by atoms with Crippen molar-refractivity contribution in [1.82, 2.24) is 19.4 Å². The lowest BCUT2D eigenvalue weighted by molar-refractivity contribution is -0.118. The van der Waals surface area contributed by atoms with Crippen LogP contribution in [-0.4, -0.2) is 32.7 Å². The van der Waals surface area contributed by atoms with Crippen LogP contribution in [0.15, 0.2) is 82.2 Å². The smallest absolute Gasteiger partial charge is 0.242 e. The van der Waals surface area contributed by atoms with Crippen LogP contribution in [0, 0.1) is 0 Å². The molecule has 0 aliphatic carbocycles. The average molecular weight is 589 g/mol. The van der Waals surface area contributed by atoms with E-state index < -0.39 is 37.2 Å². The zero-order chi connectivity index (χ0) is 25.5. The van der Waals surface area contributed by atoms with E-state index in [2.05, 4.69) is 30.6 Å². The summed E-state index contributed by atoms with van der Waals surface area (Å²) in [7, 11) is -7.66. The van der Waals surface area contributed by atoms with E-state index in [0.29, 0.717) is 21.4 Å². The van der Waals surface area contributed by atoms with Crippen LogP contribution in [-0.2, 0) is 31.3 Å². The number of benzene rings is 3. The number of carbonyl (C=O) groups excluding carboxylic acids is 1. The highest BCUT2D eigenvalue weighted by Gasteiger charge is 2.39. The Bertz CT molecular complexity index is 1640. The summed E-state index contributed by atoms with van der Waals surface area (Å²) in [6.07, 6.45) is 0.0815. The monoisotopic (exact) mass is 588 g/mol. The normalized spacial score (nSPS) is 18.2. The topological polar surface area (TPSA) is 138 Å². The first-order valence-electron chi connectivity index (χ1n) is 11.0. The number of hydrogen-bond acceptors (Lipinski definition) is 6. The number of carbonyl (C=O) groups is 1. The molecule has 1 fully saturated rings. The third-order valence-corrected chi connectivity index (χ3v) is 9.80. The lowest BCUT2D eigenvalue weighted by Gasteiger charge is -2.18. The fraction of sp³-hybridized carbons (Fsp3) is 0.167. The van der Waals surface area contributed by atoms with Crippen LogP contribution < -0.4 is 9.44 Å². The Hall–Kier alpha value is -3.06. The molecule has 3 N–H and O–H groups in total. The van der Waals surface area contributed by atoms with Gasteiger partial charge in [-0.1, -0.05) is 58.4 Å². The molecule has 5 rings (SSSR count). The Morgan fingerprint density at radius 2 is 1.78 bits per heavy atom. The average Bonchev–Trinajstić information content (AvgIpc) is 3.38. The molecule has 12 heteroatoms. The van der Waals surface area contributed by atoms with Crippen molar-refractivity contribution in [1.29, 1.82) is 0 Å². The SMILES string of the molecule is O=C1CC(c2ccc(C[C@H](NS(=O)(=O)c3ccccc3)c3nc4ccccc4[nH]3)cc2Br)S(=O)(=O)N1. The zero-order valence-corrected chi connectivity index (χ0v) is 21.9. The number of H-pyrrole nitrogens is 1. The summed E-state index contributed by atoms with van der Waals surface area (Å²) < 4.78 is 56.2. The molecule has 0 saturated carbocycles. The Morgan fingerprint density at radius 3 is 2.44 bits per heavy atom. The van der Waals surface area contributed by atoms with E-state index in [1.807, 2.05) is 29.0 Å². The third kappa shape index (κ3) is 4.94. The van der Waals surface area contributed by atoms with Crippen LogP contribution in [0.1, 0.15) is 34.7 Å². The lowest BCUT2D eigenvalue weighted by Crippen LogP contribution is -2.31. The maximum atomic E-state index is 13.2. The predicted molar refractivity (Wildman–Crippen MR) is 138 cm³/mol. The molecule has 1 unspecified atom stereocenters. The summed E-state index contributed by atoms with van der Waals surface area (Å²) in [6.45, 7) is 0. The van der Waals surface area contributed by atoms with Crippen molar-refractivity contribution in [3.63, 3.8) is 0 Å². The predicted octanol–water partition coefficient (Wildman–Crippen LogP) is 3.48. The first kappa shape index (κ1) is 24.6. The number of hydrogen-bond donors (Lipinski definition) is 3. The second kappa shape index (κ2) is 9.43. The number of para-hydroxylation sites is 2. The van der Waals surface area contributed by atoms with Crippen LogP contribution in [0.4, 0.5) is 0 Å². The lowest BCUT2D eigenvalue weighted by atomic mass is 10.0. The van der Waals surface area contributed by atoms with Gasteiger partial charge in [-0.3, -0.25) is 9.52 Å². The van der Waals surface area contributed by atoms with Crippen molar-refractivity contribution in [2.45, 2.75) is 29.0 Å². The molecule has 1 saturated heterocycles. The number of amides is 1. The molecule has 0 bridgehead atoms. The number of imidazole rings is 1. The molecule has 1 aliphatic heterocycles. The van der Waals surface area contributed by atoms with E-state index in [9.17, 15) is 21.6 Å². The Kier molecular flexibility index (Phi) is 6.45. The number of aromatic nitrogens is 2. The summed E-state index contributed by atoms with van der Waals surface area (Å²) in [5.74, 6) is -0.0969. The van der Waals surface area contributed by atoms with Gasteiger partial charge in [-0.2, -0.15) is 0 Å². The first-order chi connectivity index (χ1) is 17.1. The molecule has 2 atom stereocenters. The quantitative estimate of drug-likeness (QED) is 0.302. The number of sulfonamides is 2. The van der Waals surface area contributed by atoms with Crippen LogP contribution >= 0.6 is 15.9 Å². The van der Waals surface area contributed by atoms with E-state index in [1.165, 1.54) is 12.1 Å². The number of rotatable bonds is 7. The van der Waals surface area contributed by atoms with Gasteiger partial charge < -0.3 is 4.98 Å². The number of nitrogens with one attached hydrogen (secondary N) is 3. The maximum Gasteiger partial charge on any atom is 0.242 e. The van der Waals surface area contributed by atoms with E-state index in [0.717, 1.165) is 11.1 Å². The molecular formula is C24H21BrN4O5S2. The van der Waals surface area contributed by atoms with Gasteiger partial charge in [0.15, 0.2) is 0 Å². The second-order valence-corrected chi connectivity index (χ2v) is 12.9. The first-order valence-corrected chi connectivity index (χ1v) is 14.8. The van der Waals surface area contributed by atoms with E-state index in [-0.39, 0.29) is 17.7 Å². The second-order valence-electron chi connectivity index (χ2n) is 8.45. The molecule has 186 valence electrons. The maximum absolute atomic E-state index is 13.2. The van der Waals surface area contributed by atoms with Gasteiger partial charge in [0.1, 0.15) is 11.1 Å². The van der Waals surface area contributed by atoms with E-state index in [1.54, 1.807) is 36.4 Å². The van der Waals surface area contributed by atoms with Crippen molar-refractivity contribution in [2.75, 3.05) is 0 Å². The minimum atomic E-state index is -3.86. The molecular weight excluding hydrogens is 568 g/mol. The van der Waals surface area contributed by atoms with Gasteiger partial charge in [0, 0.05) is 4.47 Å². The van der Waals surface area contributed by atoms with Crippen LogP contribution in [0.5, 0.6) is 0 Å². The molecule has 9 nitrogen and oxygen atoms in total. The van der Waals surface area contributed by atoms with Gasteiger partial charge in [0.2, 0.25) is 26.0 Å². The summed E-state index contributed by atoms with van der Waals surface area (Å²) in [5, 5.41) is -0.990. The van der Waals surface area contributed by atoms with Gasteiger partial charge in [-0.25, -0.2) is 26.5 Å². The third-order valence-electron chi connectivity index (χ3n) is 5.94. The molecule has 4 aromatic rings. The van der Waals surface area contributed by atoms with Gasteiger partial charge in [-0.15, -0.1) is 0 Å². The molecule has 0 spiro atoms. The minimum Gasteiger partial charge on any atom is -0.341 e. The summed E-state index contributed by atoms with van der Waals surface area (Å²) in [6, 6.07) is 19.8. The number of aromatic amines is 1. The molecule has 1 aromatic heterocycles. The Balaban J connectivity index is 1.49. The van der Waals surface area contributed by atoms with Crippen LogP contribution in [0.3, 0.4) is 0 Å². The number of nitrogens with zero attached hydrogens (tertiary/aromatic N) is 1. The summed E-state index contributed by atoms with van der Waals surface area (Å²) >= 11 is 3.44. The van der Waals surface area contributed by atoms with Gasteiger partial charge in [0.25, 0.3) is 0 Å². The molecule has 3 aromatic carbocycles. The van der Waals surface area contributed by atoms with Crippen molar-refractivity contribution in [3.8, 4) is 0 Å².